The summed E-state index contributed by atoms with van der Waals surface area (Å²) >= 11 is 6.57. The van der Waals surface area contributed by atoms with Gasteiger partial charge in [-0.05, 0) is 30.3 Å². The van der Waals surface area contributed by atoms with E-state index in [0.717, 1.165) is 8.95 Å². The van der Waals surface area contributed by atoms with Crippen molar-refractivity contribution in [1.82, 2.24) is 0 Å². The molecule has 0 atom stereocenters. The van der Waals surface area contributed by atoms with Gasteiger partial charge in [-0.1, -0.05) is 50.1 Å². The molecule has 2 aromatic carbocycles. The van der Waals surface area contributed by atoms with Crippen LogP contribution in [0.15, 0.2) is 57.5 Å². The summed E-state index contributed by atoms with van der Waals surface area (Å²) in [5.74, 6) is -0.752. The molecule has 0 saturated heterocycles. The Bertz CT molecular complexity index is 636. The number of rotatable bonds is 4. The minimum Gasteiger partial charge on any atom is -0.454 e. The van der Waals surface area contributed by atoms with Crippen LogP contribution in [-0.4, -0.2) is 18.4 Å². The van der Waals surface area contributed by atoms with Crippen molar-refractivity contribution in [2.24, 2.45) is 0 Å². The van der Waals surface area contributed by atoms with E-state index >= 15 is 0 Å². The van der Waals surface area contributed by atoms with E-state index in [0.29, 0.717) is 11.1 Å². The standard InChI is InChI=1S/C15H10Br2O3/c16-12-6-4-10(5-7-12)14(18)9-20-15(19)11-2-1-3-13(17)8-11/h1-8H,9H2. The molecule has 2 rings (SSSR count). The molecule has 0 aliphatic carbocycles. The number of benzene rings is 2. The largest absolute Gasteiger partial charge is 0.454 e. The van der Waals surface area contributed by atoms with Gasteiger partial charge in [0.25, 0.3) is 0 Å². The van der Waals surface area contributed by atoms with Gasteiger partial charge < -0.3 is 4.74 Å². The maximum Gasteiger partial charge on any atom is 0.338 e. The maximum atomic E-state index is 11.9. The molecule has 0 N–H and O–H groups in total. The first kappa shape index (κ1) is 14.9. The predicted molar refractivity (Wildman–Crippen MR) is 82.9 cm³/mol. The molecule has 20 heavy (non-hydrogen) atoms. The molecule has 0 heterocycles. The lowest BCUT2D eigenvalue weighted by molar-refractivity contribution is 0.0474. The molecular formula is C15H10Br2O3. The molecule has 0 aliphatic rings. The average Bonchev–Trinajstić information content (AvgIpc) is 2.45. The second-order valence-corrected chi connectivity index (χ2v) is 5.85. The van der Waals surface area contributed by atoms with E-state index in [1.807, 2.05) is 6.07 Å². The van der Waals surface area contributed by atoms with Crippen LogP contribution in [-0.2, 0) is 4.74 Å². The zero-order valence-corrected chi connectivity index (χ0v) is 13.5. The molecule has 0 saturated carbocycles. The third-order valence-electron chi connectivity index (χ3n) is 2.56. The normalized spacial score (nSPS) is 10.1. The van der Waals surface area contributed by atoms with Gasteiger partial charge in [0.05, 0.1) is 5.56 Å². The van der Waals surface area contributed by atoms with Crippen LogP contribution in [0.5, 0.6) is 0 Å². The lowest BCUT2D eigenvalue weighted by atomic mass is 10.1. The van der Waals surface area contributed by atoms with E-state index in [9.17, 15) is 9.59 Å². The molecule has 3 nitrogen and oxygen atoms in total. The molecule has 0 aliphatic heterocycles. The minimum absolute atomic E-state index is 0.235. The Morgan fingerprint density at radius 2 is 1.60 bits per heavy atom. The third-order valence-corrected chi connectivity index (χ3v) is 3.58. The lowest BCUT2D eigenvalue weighted by Crippen LogP contribution is -2.14. The van der Waals surface area contributed by atoms with Gasteiger partial charge in [-0.2, -0.15) is 0 Å². The number of carbonyl (C=O) groups excluding carboxylic acids is 2. The predicted octanol–water partition coefficient (Wildman–Crippen LogP) is 4.25. The smallest absolute Gasteiger partial charge is 0.338 e. The van der Waals surface area contributed by atoms with E-state index in [1.165, 1.54) is 0 Å². The molecule has 0 unspecified atom stereocenters. The van der Waals surface area contributed by atoms with E-state index < -0.39 is 5.97 Å². The van der Waals surface area contributed by atoms with Gasteiger partial charge in [-0.25, -0.2) is 4.79 Å². The van der Waals surface area contributed by atoms with Crippen LogP contribution >= 0.6 is 31.9 Å². The first-order valence-electron chi connectivity index (χ1n) is 5.78. The van der Waals surface area contributed by atoms with Gasteiger partial charge in [0.2, 0.25) is 0 Å². The monoisotopic (exact) mass is 396 g/mol. The maximum absolute atomic E-state index is 11.9. The fraction of sp³-hybridized carbons (Fsp3) is 0.0667. The fourth-order valence-electron chi connectivity index (χ4n) is 1.55. The van der Waals surface area contributed by atoms with Crippen LogP contribution in [0.2, 0.25) is 0 Å². The van der Waals surface area contributed by atoms with Crippen molar-refractivity contribution >= 4 is 43.6 Å². The molecule has 5 heteroatoms. The van der Waals surface area contributed by atoms with Crippen LogP contribution in [0, 0.1) is 0 Å². The van der Waals surface area contributed by atoms with Gasteiger partial charge in [0, 0.05) is 14.5 Å². The summed E-state index contributed by atoms with van der Waals surface area (Å²) < 4.78 is 6.68. The summed E-state index contributed by atoms with van der Waals surface area (Å²) in [6.45, 7) is -0.271. The lowest BCUT2D eigenvalue weighted by Gasteiger charge is -2.05. The number of carbonyl (C=O) groups is 2. The van der Waals surface area contributed by atoms with E-state index in [1.54, 1.807) is 42.5 Å². The number of esters is 1. The first-order valence-corrected chi connectivity index (χ1v) is 7.36. The van der Waals surface area contributed by atoms with Gasteiger partial charge >= 0.3 is 5.97 Å². The van der Waals surface area contributed by atoms with Crippen molar-refractivity contribution < 1.29 is 14.3 Å². The van der Waals surface area contributed by atoms with Crippen molar-refractivity contribution in [3.05, 3.63) is 68.6 Å². The Hall–Kier alpha value is -1.46. The fourth-order valence-corrected chi connectivity index (χ4v) is 2.21. The summed E-state index contributed by atoms with van der Waals surface area (Å²) in [7, 11) is 0. The highest BCUT2D eigenvalue weighted by atomic mass is 79.9. The highest BCUT2D eigenvalue weighted by Gasteiger charge is 2.11. The summed E-state index contributed by atoms with van der Waals surface area (Å²) in [4.78, 5) is 23.6. The Morgan fingerprint density at radius 3 is 2.25 bits per heavy atom. The number of Topliss-reactive ketones (excluding diaryl/α,β-unsaturated/α-hetero) is 1. The van der Waals surface area contributed by atoms with E-state index in [4.69, 9.17) is 4.74 Å². The van der Waals surface area contributed by atoms with Crippen LogP contribution in [0.1, 0.15) is 20.7 Å². The first-order chi connectivity index (χ1) is 9.56. The van der Waals surface area contributed by atoms with Crippen molar-refractivity contribution in [3.63, 3.8) is 0 Å². The number of halogens is 2. The molecule has 102 valence electrons. The van der Waals surface area contributed by atoms with Crippen LogP contribution < -0.4 is 0 Å². The summed E-state index contributed by atoms with van der Waals surface area (Å²) in [5.41, 5.74) is 0.915. The van der Waals surface area contributed by atoms with E-state index in [-0.39, 0.29) is 12.4 Å². The van der Waals surface area contributed by atoms with Crippen molar-refractivity contribution in [1.29, 1.82) is 0 Å². The molecule has 0 aromatic heterocycles. The molecule has 0 radical (unpaired) electrons. The Morgan fingerprint density at radius 1 is 0.900 bits per heavy atom. The van der Waals surface area contributed by atoms with Crippen LogP contribution in [0.25, 0.3) is 0 Å². The average molecular weight is 398 g/mol. The highest BCUT2D eigenvalue weighted by molar-refractivity contribution is 9.10. The van der Waals surface area contributed by atoms with Gasteiger partial charge in [-0.15, -0.1) is 0 Å². The van der Waals surface area contributed by atoms with Gasteiger partial charge in [0.15, 0.2) is 12.4 Å². The molecule has 0 bridgehead atoms. The summed E-state index contributed by atoms with van der Waals surface area (Å²) in [6.07, 6.45) is 0. The number of ketones is 1. The zero-order valence-electron chi connectivity index (χ0n) is 10.3. The molecular weight excluding hydrogens is 388 g/mol. The Kier molecular flexibility index (Phi) is 5.09. The molecule has 0 amide bonds. The van der Waals surface area contributed by atoms with Crippen LogP contribution in [0.3, 0.4) is 0 Å². The van der Waals surface area contributed by atoms with Crippen molar-refractivity contribution in [3.8, 4) is 0 Å². The van der Waals surface area contributed by atoms with Crippen molar-refractivity contribution in [2.75, 3.05) is 6.61 Å². The number of hydrogen-bond acceptors (Lipinski definition) is 3. The highest BCUT2D eigenvalue weighted by Crippen LogP contribution is 2.13. The van der Waals surface area contributed by atoms with Crippen LogP contribution in [0.4, 0.5) is 0 Å². The number of hydrogen-bond donors (Lipinski definition) is 0. The third kappa shape index (κ3) is 4.02. The summed E-state index contributed by atoms with van der Waals surface area (Å²) in [5, 5.41) is 0. The quantitative estimate of drug-likeness (QED) is 0.572. The zero-order chi connectivity index (χ0) is 14.5. The second kappa shape index (κ2) is 6.81. The van der Waals surface area contributed by atoms with Gasteiger partial charge in [0.1, 0.15) is 0 Å². The second-order valence-electron chi connectivity index (χ2n) is 4.02. The van der Waals surface area contributed by atoms with E-state index in [2.05, 4.69) is 31.9 Å². The molecule has 2 aromatic rings. The summed E-state index contributed by atoms with van der Waals surface area (Å²) in [6, 6.07) is 13.7. The topological polar surface area (TPSA) is 43.4 Å². The SMILES string of the molecule is O=C(COC(=O)c1cccc(Br)c1)c1ccc(Br)cc1. The molecule has 0 spiro atoms. The van der Waals surface area contributed by atoms with Gasteiger partial charge in [-0.3, -0.25) is 4.79 Å². The van der Waals surface area contributed by atoms with Crippen molar-refractivity contribution in [2.45, 2.75) is 0 Å². The number of ether oxygens (including phenoxy) is 1. The Labute approximate surface area is 133 Å². The molecule has 0 fully saturated rings. The minimum atomic E-state index is -0.517. The Balaban J connectivity index is 1.96.